The molecule has 0 aromatic heterocycles. The average molecular weight is 450 g/mol. The van der Waals surface area contributed by atoms with Crippen LogP contribution >= 0.6 is 11.6 Å². The Morgan fingerprint density at radius 2 is 1.84 bits per heavy atom. The molecule has 5 rings (SSSR count). The minimum Gasteiger partial charge on any atom is -0.357 e. The van der Waals surface area contributed by atoms with Gasteiger partial charge in [0, 0.05) is 28.8 Å². The number of Topliss-reactive ketones (excluding diaryl/α,β-unsaturated/α-hetero) is 1. The number of allylic oxidation sites excluding steroid dienone is 1. The molecular formula is C26H28ClN3O2. The summed E-state index contributed by atoms with van der Waals surface area (Å²) in [6.45, 7) is 4.40. The van der Waals surface area contributed by atoms with Crippen LogP contribution in [0.2, 0.25) is 5.02 Å². The van der Waals surface area contributed by atoms with E-state index >= 15 is 0 Å². The molecule has 1 amide bonds. The van der Waals surface area contributed by atoms with Gasteiger partial charge < -0.3 is 15.5 Å². The van der Waals surface area contributed by atoms with Gasteiger partial charge in [-0.15, -0.1) is 0 Å². The summed E-state index contributed by atoms with van der Waals surface area (Å²) in [4.78, 5) is 28.6. The van der Waals surface area contributed by atoms with E-state index in [-0.39, 0.29) is 29.7 Å². The van der Waals surface area contributed by atoms with Crippen molar-refractivity contribution in [3.8, 4) is 0 Å². The number of nitrogens with zero attached hydrogens (tertiary/aromatic N) is 1. The number of nitrogens with one attached hydrogen (secondary N) is 2. The van der Waals surface area contributed by atoms with Gasteiger partial charge in [0.2, 0.25) is 5.91 Å². The van der Waals surface area contributed by atoms with E-state index in [0.717, 1.165) is 41.9 Å². The van der Waals surface area contributed by atoms with Crippen molar-refractivity contribution in [3.63, 3.8) is 0 Å². The van der Waals surface area contributed by atoms with E-state index < -0.39 is 6.04 Å². The second-order valence-corrected chi connectivity index (χ2v) is 10.3. The van der Waals surface area contributed by atoms with Crippen LogP contribution in [0.25, 0.3) is 0 Å². The Morgan fingerprint density at radius 3 is 2.59 bits per heavy atom. The van der Waals surface area contributed by atoms with Gasteiger partial charge in [-0.3, -0.25) is 9.59 Å². The Hall–Kier alpha value is -2.79. The Labute approximate surface area is 193 Å². The molecule has 2 aromatic rings. The monoisotopic (exact) mass is 449 g/mol. The third-order valence-corrected chi connectivity index (χ3v) is 6.80. The summed E-state index contributed by atoms with van der Waals surface area (Å²) in [5.74, 6) is 0.0704. The molecule has 2 N–H and O–H groups in total. The zero-order valence-electron chi connectivity index (χ0n) is 18.5. The number of benzene rings is 2. The summed E-state index contributed by atoms with van der Waals surface area (Å²) >= 11 is 6.69. The maximum atomic E-state index is 13.6. The van der Waals surface area contributed by atoms with Crippen LogP contribution in [0.4, 0.5) is 11.4 Å². The number of carbonyl (C=O) groups is 2. The van der Waals surface area contributed by atoms with Gasteiger partial charge in [0.15, 0.2) is 5.78 Å². The number of rotatable bonds is 4. The molecular weight excluding hydrogens is 422 g/mol. The van der Waals surface area contributed by atoms with Crippen LogP contribution in [-0.4, -0.2) is 24.3 Å². The SMILES string of the molecule is CC1(C)CC(=O)C2=C(C1)Nc1ccccc1N(CC(=O)NC1CC1)C2c1ccccc1Cl. The lowest BCUT2D eigenvalue weighted by atomic mass is 9.73. The van der Waals surface area contributed by atoms with Crippen LogP contribution in [0, 0.1) is 5.41 Å². The van der Waals surface area contributed by atoms with E-state index in [0.29, 0.717) is 17.0 Å². The van der Waals surface area contributed by atoms with Gasteiger partial charge in [0.05, 0.1) is 24.0 Å². The number of carbonyl (C=O) groups excluding carboxylic acids is 2. The Bertz CT molecular complexity index is 1120. The number of para-hydroxylation sites is 2. The number of hydrogen-bond donors (Lipinski definition) is 2. The van der Waals surface area contributed by atoms with Crippen LogP contribution in [-0.2, 0) is 9.59 Å². The van der Waals surface area contributed by atoms with E-state index in [1.165, 1.54) is 0 Å². The number of anilines is 2. The number of fused-ring (bicyclic) bond motifs is 1. The number of amides is 1. The topological polar surface area (TPSA) is 61.4 Å². The third-order valence-electron chi connectivity index (χ3n) is 6.46. The highest BCUT2D eigenvalue weighted by Gasteiger charge is 2.42. The van der Waals surface area contributed by atoms with Gasteiger partial charge in [0.1, 0.15) is 0 Å². The van der Waals surface area contributed by atoms with E-state index in [1.54, 1.807) is 0 Å². The first-order valence-corrected chi connectivity index (χ1v) is 11.6. The van der Waals surface area contributed by atoms with Gasteiger partial charge in [-0.25, -0.2) is 0 Å². The lowest BCUT2D eigenvalue weighted by Gasteiger charge is -2.38. The predicted octanol–water partition coefficient (Wildman–Crippen LogP) is 5.24. The van der Waals surface area contributed by atoms with Gasteiger partial charge in [-0.1, -0.05) is 55.8 Å². The molecule has 166 valence electrons. The molecule has 2 aliphatic carbocycles. The van der Waals surface area contributed by atoms with Gasteiger partial charge in [-0.05, 0) is 48.4 Å². The Kier molecular flexibility index (Phi) is 5.25. The van der Waals surface area contributed by atoms with Crippen molar-refractivity contribution in [2.45, 2.75) is 51.6 Å². The molecule has 0 saturated heterocycles. The van der Waals surface area contributed by atoms with Crippen molar-refractivity contribution >= 4 is 34.7 Å². The molecule has 5 nitrogen and oxygen atoms in total. The van der Waals surface area contributed by atoms with Crippen LogP contribution < -0.4 is 15.5 Å². The van der Waals surface area contributed by atoms with E-state index in [1.807, 2.05) is 53.4 Å². The number of ketones is 1. The fourth-order valence-electron chi connectivity index (χ4n) is 4.90. The standard InChI is InChI=1S/C26H28ClN3O2/c1-26(2)13-20-24(22(31)14-26)25(17-7-3-4-8-18(17)27)30(15-23(32)28-16-11-12-16)21-10-6-5-9-19(21)29-20/h3-10,16,25,29H,11-15H2,1-2H3,(H,28,32). The van der Waals surface area contributed by atoms with Crippen LogP contribution in [0.5, 0.6) is 0 Å². The molecule has 6 heteroatoms. The first-order valence-electron chi connectivity index (χ1n) is 11.3. The van der Waals surface area contributed by atoms with Crippen LogP contribution in [0.1, 0.15) is 51.1 Å². The summed E-state index contributed by atoms with van der Waals surface area (Å²) in [6.07, 6.45) is 3.28. The zero-order chi connectivity index (χ0) is 22.5. The average Bonchev–Trinajstić information content (AvgIpc) is 3.54. The van der Waals surface area contributed by atoms with Crippen molar-refractivity contribution in [3.05, 3.63) is 70.4 Å². The number of hydrogen-bond acceptors (Lipinski definition) is 4. The molecule has 1 heterocycles. The van der Waals surface area contributed by atoms with Gasteiger partial charge >= 0.3 is 0 Å². The van der Waals surface area contributed by atoms with E-state index in [2.05, 4.69) is 24.5 Å². The van der Waals surface area contributed by atoms with Crippen molar-refractivity contribution in [2.75, 3.05) is 16.8 Å². The highest BCUT2D eigenvalue weighted by atomic mass is 35.5. The summed E-state index contributed by atoms with van der Waals surface area (Å²) < 4.78 is 0. The smallest absolute Gasteiger partial charge is 0.239 e. The Balaban J connectivity index is 1.69. The molecule has 1 fully saturated rings. The second kappa shape index (κ2) is 7.96. The molecule has 1 saturated carbocycles. The van der Waals surface area contributed by atoms with Gasteiger partial charge in [-0.2, -0.15) is 0 Å². The minimum atomic E-state index is -0.441. The number of halogens is 1. The molecule has 32 heavy (non-hydrogen) atoms. The second-order valence-electron chi connectivity index (χ2n) is 9.87. The lowest BCUT2D eigenvalue weighted by Crippen LogP contribution is -2.42. The predicted molar refractivity (Wildman–Crippen MR) is 128 cm³/mol. The van der Waals surface area contributed by atoms with E-state index in [4.69, 9.17) is 11.6 Å². The zero-order valence-corrected chi connectivity index (χ0v) is 19.2. The van der Waals surface area contributed by atoms with Crippen LogP contribution in [0.15, 0.2) is 59.8 Å². The lowest BCUT2D eigenvalue weighted by molar-refractivity contribution is -0.120. The first kappa shape index (κ1) is 21.1. The Morgan fingerprint density at radius 1 is 1.12 bits per heavy atom. The summed E-state index contributed by atoms with van der Waals surface area (Å²) in [5, 5.41) is 7.26. The summed E-state index contributed by atoms with van der Waals surface area (Å²) in [5.41, 5.74) is 4.14. The third kappa shape index (κ3) is 4.02. The molecule has 1 unspecified atom stereocenters. The maximum absolute atomic E-state index is 13.6. The maximum Gasteiger partial charge on any atom is 0.239 e. The van der Waals surface area contributed by atoms with Crippen molar-refractivity contribution in [1.82, 2.24) is 5.32 Å². The normalized spacial score (nSPS) is 21.9. The quantitative estimate of drug-likeness (QED) is 0.670. The molecule has 3 aliphatic rings. The first-order chi connectivity index (χ1) is 15.3. The van der Waals surface area contributed by atoms with Crippen molar-refractivity contribution < 1.29 is 9.59 Å². The molecule has 0 radical (unpaired) electrons. The van der Waals surface area contributed by atoms with Crippen molar-refractivity contribution in [1.29, 1.82) is 0 Å². The summed E-state index contributed by atoms with van der Waals surface area (Å²) in [6, 6.07) is 15.4. The summed E-state index contributed by atoms with van der Waals surface area (Å²) in [7, 11) is 0. The highest BCUT2D eigenvalue weighted by molar-refractivity contribution is 6.31. The molecule has 2 aromatic carbocycles. The van der Waals surface area contributed by atoms with Crippen LogP contribution in [0.3, 0.4) is 0 Å². The minimum absolute atomic E-state index is 0.0352. The fraction of sp³-hybridized carbons (Fsp3) is 0.385. The molecule has 1 atom stereocenters. The fourth-order valence-corrected chi connectivity index (χ4v) is 5.14. The van der Waals surface area contributed by atoms with Crippen molar-refractivity contribution in [2.24, 2.45) is 5.41 Å². The molecule has 1 aliphatic heterocycles. The highest BCUT2D eigenvalue weighted by Crippen LogP contribution is 2.49. The molecule has 0 spiro atoms. The van der Waals surface area contributed by atoms with E-state index in [9.17, 15) is 9.59 Å². The molecule has 0 bridgehead atoms. The largest absolute Gasteiger partial charge is 0.357 e. The van der Waals surface area contributed by atoms with Gasteiger partial charge in [0.25, 0.3) is 0 Å².